The van der Waals surface area contributed by atoms with Crippen molar-refractivity contribution in [2.24, 2.45) is 0 Å². The van der Waals surface area contributed by atoms with Crippen LogP contribution in [0.5, 0.6) is 0 Å². The van der Waals surface area contributed by atoms with Crippen LogP contribution in [0.25, 0.3) is 120 Å². The van der Waals surface area contributed by atoms with E-state index in [4.69, 9.17) is 15.0 Å². The van der Waals surface area contributed by atoms with Gasteiger partial charge in [0, 0.05) is 67.1 Å². The number of hydrogen-bond donors (Lipinski definition) is 0. The Hall–Kier alpha value is -13.3. The van der Waals surface area contributed by atoms with E-state index in [-0.39, 0.29) is 20.1 Å². The molecule has 20 aromatic rings. The van der Waals surface area contributed by atoms with Crippen molar-refractivity contribution in [2.75, 3.05) is 0 Å². The zero-order valence-corrected chi connectivity index (χ0v) is 68.9. The molecule has 0 saturated heterocycles. The highest BCUT2D eigenvalue weighted by molar-refractivity contribution is 6.98. The third-order valence-electron chi connectivity index (χ3n) is 25.2. The Kier molecular flexibility index (Phi) is 20.2. The molecule has 20 rings (SSSR count). The Morgan fingerprint density at radius 2 is 0.453 bits per heavy atom. The third kappa shape index (κ3) is 13.7. The number of pyridine rings is 3. The van der Waals surface area contributed by atoms with E-state index in [9.17, 15) is 0 Å². The summed E-state index contributed by atoms with van der Waals surface area (Å²) < 4.78 is 0. The first-order chi connectivity index (χ1) is 57.1. The molecule has 3 aromatic heterocycles. The second-order valence-electron chi connectivity index (χ2n) is 32.5. The molecule has 0 fully saturated rings. The van der Waals surface area contributed by atoms with E-state index in [2.05, 4.69) is 411 Å². The number of aryl methyl sites for hydroxylation is 12. The summed E-state index contributed by atoms with van der Waals surface area (Å²) in [6.45, 7) is 27.5. The average Bonchev–Trinajstić information content (AvgIpc) is 0.814. The van der Waals surface area contributed by atoms with E-state index in [1.807, 2.05) is 12.4 Å². The second kappa shape index (κ2) is 31.5. The highest BCUT2D eigenvalue weighted by atomic mass is 14.7. The van der Waals surface area contributed by atoms with Gasteiger partial charge in [-0.25, -0.2) is 0 Å². The van der Waals surface area contributed by atoms with Gasteiger partial charge in [0.1, 0.15) is 0 Å². The van der Waals surface area contributed by atoms with E-state index in [0.29, 0.717) is 0 Å². The standard InChI is InChI=1S/2C39H32BN.C33H28BN/c1-25-12-9-13-26(2)38(25)40(39-27(3)14-10-15-28(39)4)31-17-11-16-29(22-31)35-23-30-24-41-36-21-8-7-20-34(36)37(30)33-19-6-5-18-32(33)35;1-25-11-9-12-26(2)38(25)40(39-27(3)13-10-14-28(39)4)31-21-19-29(20-22-31)35-23-30-24-41-36-18-8-7-17-34(36)37(30)33-16-6-5-15-32(33)35;1-21-11-9-12-22(2)32(21)34(33-23(3)13-10-14-24(33)4)29-19-25-20-35-30-18-8-7-17-28(30)31(25)27-16-6-5-15-26(27)29/h2*5-24H,1-4H3;5-20H,1-4H3. The molecule has 3 nitrogen and oxygen atoms in total. The van der Waals surface area contributed by atoms with Gasteiger partial charge < -0.3 is 0 Å². The number of para-hydroxylation sites is 3. The van der Waals surface area contributed by atoms with Gasteiger partial charge in [-0.15, -0.1) is 0 Å². The smallest absolute Gasteiger partial charge is 0.243 e. The third-order valence-corrected chi connectivity index (χ3v) is 25.2. The largest absolute Gasteiger partial charge is 0.256 e. The van der Waals surface area contributed by atoms with Gasteiger partial charge in [0.2, 0.25) is 20.1 Å². The average molecular weight is 1500 g/mol. The predicted octanol–water partition coefficient (Wildman–Crippen LogP) is 22.2. The van der Waals surface area contributed by atoms with Gasteiger partial charge in [-0.3, -0.25) is 15.0 Å². The Morgan fingerprint density at radius 1 is 0.188 bits per heavy atom. The number of hydrogen-bond acceptors (Lipinski definition) is 3. The molecule has 6 heteroatoms. The molecule has 0 aliphatic heterocycles. The molecule has 0 aliphatic carbocycles. The van der Waals surface area contributed by atoms with Crippen LogP contribution in [-0.4, -0.2) is 35.1 Å². The molecule has 0 aliphatic rings. The zero-order chi connectivity index (χ0) is 80.3. The van der Waals surface area contributed by atoms with Gasteiger partial charge >= 0.3 is 0 Å². The Balaban J connectivity index is 0.000000122. The minimum atomic E-state index is 0.137. The summed E-state index contributed by atoms with van der Waals surface area (Å²) in [7, 11) is 0. The molecular weight excluding hydrogens is 1410 g/mol. The number of rotatable bonds is 11. The van der Waals surface area contributed by atoms with Crippen LogP contribution < -0.4 is 49.2 Å². The summed E-state index contributed by atoms with van der Waals surface area (Å²) in [6, 6.07) is 118. The Bertz CT molecular complexity index is 7050. The van der Waals surface area contributed by atoms with Gasteiger partial charge in [0.25, 0.3) is 0 Å². The van der Waals surface area contributed by atoms with Crippen molar-refractivity contribution in [2.45, 2.75) is 83.1 Å². The summed E-state index contributed by atoms with van der Waals surface area (Å²) in [5.41, 5.74) is 36.5. The van der Waals surface area contributed by atoms with Crippen molar-refractivity contribution in [3.05, 3.63) is 407 Å². The monoisotopic (exact) mass is 1500 g/mol. The van der Waals surface area contributed by atoms with Crippen LogP contribution in [-0.2, 0) is 0 Å². The lowest BCUT2D eigenvalue weighted by atomic mass is 9.33. The summed E-state index contributed by atoms with van der Waals surface area (Å²) in [4.78, 5) is 14.4. The van der Waals surface area contributed by atoms with E-state index in [1.54, 1.807) is 0 Å². The molecule has 560 valence electrons. The molecule has 0 atom stereocenters. The minimum absolute atomic E-state index is 0.137. The predicted molar refractivity (Wildman–Crippen MR) is 511 cm³/mol. The van der Waals surface area contributed by atoms with Gasteiger partial charge in [-0.05, 0) is 168 Å². The quantitative estimate of drug-likeness (QED) is 0.0957. The summed E-state index contributed by atoms with van der Waals surface area (Å²) in [5.74, 6) is 0. The van der Waals surface area contributed by atoms with Crippen molar-refractivity contribution in [3.63, 3.8) is 0 Å². The first-order valence-corrected chi connectivity index (χ1v) is 41.2. The molecule has 17 aromatic carbocycles. The number of nitrogens with zero attached hydrogens (tertiary/aromatic N) is 3. The molecule has 0 radical (unpaired) electrons. The van der Waals surface area contributed by atoms with Crippen molar-refractivity contribution >= 4 is 167 Å². The van der Waals surface area contributed by atoms with Crippen molar-refractivity contribution in [1.29, 1.82) is 0 Å². The Morgan fingerprint density at radius 3 is 0.803 bits per heavy atom. The highest BCUT2D eigenvalue weighted by Gasteiger charge is 2.33. The maximum atomic E-state index is 4.83. The van der Waals surface area contributed by atoms with Crippen LogP contribution >= 0.6 is 0 Å². The molecule has 117 heavy (non-hydrogen) atoms. The van der Waals surface area contributed by atoms with Crippen LogP contribution in [0, 0.1) is 83.1 Å². The van der Waals surface area contributed by atoms with E-state index in [1.165, 1.54) is 219 Å². The van der Waals surface area contributed by atoms with E-state index < -0.39 is 0 Å². The van der Waals surface area contributed by atoms with Gasteiger partial charge in [-0.1, -0.05) is 407 Å². The van der Waals surface area contributed by atoms with E-state index in [0.717, 1.165) is 16.6 Å². The highest BCUT2D eigenvalue weighted by Crippen LogP contribution is 2.40. The van der Waals surface area contributed by atoms with Crippen molar-refractivity contribution < 1.29 is 0 Å². The molecule has 0 amide bonds. The molecule has 3 heterocycles. The summed E-state index contributed by atoms with van der Waals surface area (Å²) in [5, 5.41) is 18.7. The zero-order valence-electron chi connectivity index (χ0n) is 68.9. The van der Waals surface area contributed by atoms with Crippen LogP contribution in [0.15, 0.2) is 340 Å². The second-order valence-corrected chi connectivity index (χ2v) is 32.5. The first kappa shape index (κ1) is 75.1. The summed E-state index contributed by atoms with van der Waals surface area (Å²) >= 11 is 0. The van der Waals surface area contributed by atoms with Crippen LogP contribution in [0.2, 0.25) is 0 Å². The fraction of sp³-hybridized carbons (Fsp3) is 0.108. The maximum absolute atomic E-state index is 4.83. The van der Waals surface area contributed by atoms with Crippen LogP contribution in [0.1, 0.15) is 66.8 Å². The SMILES string of the molecule is Cc1cccc(C)c1B(c1c(C)cccc1C)c1cc2cnc3ccccc3c2c2ccccc12.Cc1cccc(C)c1B(c1ccc(-c2cc3cnc4ccccc4c3c3ccccc23)cc1)c1c(C)cccc1C.Cc1cccc(C)c1B(c1cccc(-c2cc3cnc4ccccc4c3c3ccccc23)c1)c1c(C)cccc1C. The van der Waals surface area contributed by atoms with Crippen molar-refractivity contribution in [1.82, 2.24) is 15.0 Å². The molecule has 0 N–H and O–H groups in total. The molecular formula is C111H92B3N3. The van der Waals surface area contributed by atoms with Gasteiger partial charge in [0.05, 0.1) is 16.6 Å². The van der Waals surface area contributed by atoms with Gasteiger partial charge in [0.15, 0.2) is 0 Å². The normalized spacial score (nSPS) is 11.4. The number of benzene rings is 17. The topological polar surface area (TPSA) is 38.7 Å². The number of aromatic nitrogens is 3. The lowest BCUT2D eigenvalue weighted by Gasteiger charge is -2.25. The number of fused-ring (bicyclic) bond motifs is 15. The maximum Gasteiger partial charge on any atom is 0.243 e. The summed E-state index contributed by atoms with van der Waals surface area (Å²) in [6.07, 6.45) is 6.12. The van der Waals surface area contributed by atoms with Crippen molar-refractivity contribution in [3.8, 4) is 22.3 Å². The lowest BCUT2D eigenvalue weighted by molar-refractivity contribution is 1.40. The molecule has 0 unspecified atom stereocenters. The van der Waals surface area contributed by atoms with Crippen LogP contribution in [0.3, 0.4) is 0 Å². The Labute approximate surface area is 689 Å². The first-order valence-electron chi connectivity index (χ1n) is 41.2. The fourth-order valence-electron chi connectivity index (χ4n) is 19.8. The molecule has 0 bridgehead atoms. The van der Waals surface area contributed by atoms with Gasteiger partial charge in [-0.2, -0.15) is 0 Å². The van der Waals surface area contributed by atoms with E-state index >= 15 is 0 Å². The fourth-order valence-corrected chi connectivity index (χ4v) is 19.8. The molecule has 0 spiro atoms. The lowest BCUT2D eigenvalue weighted by Crippen LogP contribution is -2.56. The van der Waals surface area contributed by atoms with Crippen LogP contribution in [0.4, 0.5) is 0 Å². The minimum Gasteiger partial charge on any atom is -0.256 e. The molecule has 0 saturated carbocycles.